The van der Waals surface area contributed by atoms with Crippen LogP contribution in [0.1, 0.15) is 46.2 Å². The van der Waals surface area contributed by atoms with Crippen LogP contribution < -0.4 is 5.32 Å². The monoisotopic (exact) mass is 717 g/mol. The molecule has 0 fully saturated rings. The summed E-state index contributed by atoms with van der Waals surface area (Å²) in [6.45, 7) is 1.69. The van der Waals surface area contributed by atoms with Gasteiger partial charge in [0.25, 0.3) is 0 Å². The summed E-state index contributed by atoms with van der Waals surface area (Å²) in [6, 6.07) is 67.7. The fraction of sp³-hybridized carbons (Fsp3) is 0.127. The highest BCUT2D eigenvalue weighted by Gasteiger charge is 2.48. The van der Waals surface area contributed by atoms with Gasteiger partial charge in [-0.25, -0.2) is 0 Å². The van der Waals surface area contributed by atoms with Gasteiger partial charge in [-0.2, -0.15) is 0 Å². The Morgan fingerprint density at radius 2 is 0.643 bits per heavy atom. The second-order valence-corrected chi connectivity index (χ2v) is 16.0. The van der Waals surface area contributed by atoms with Crippen LogP contribution in [0.4, 0.5) is 0 Å². The molecule has 0 radical (unpaired) electrons. The molecule has 0 saturated heterocycles. The van der Waals surface area contributed by atoms with Gasteiger partial charge in [-0.1, -0.05) is 146 Å². The van der Waals surface area contributed by atoms with Crippen molar-refractivity contribution in [3.63, 3.8) is 0 Å². The molecule has 1 nitrogen and oxygen atoms in total. The molecular weight excluding hydrogens is 675 g/mol. The van der Waals surface area contributed by atoms with Gasteiger partial charge in [0.15, 0.2) is 0 Å². The zero-order valence-corrected chi connectivity index (χ0v) is 31.6. The Labute approximate surface area is 330 Å². The molecule has 268 valence electrons. The molecule has 0 unspecified atom stereocenters. The van der Waals surface area contributed by atoms with E-state index in [1.807, 2.05) is 0 Å². The first-order chi connectivity index (χ1) is 27.7. The fourth-order valence-corrected chi connectivity index (χ4v) is 10.4. The highest BCUT2D eigenvalue weighted by atomic mass is 14.9. The van der Waals surface area contributed by atoms with E-state index in [1.165, 1.54) is 102 Å². The van der Waals surface area contributed by atoms with Gasteiger partial charge in [-0.15, -0.1) is 0 Å². The first-order valence-electron chi connectivity index (χ1n) is 20.3. The molecular formula is C55H43N. The molecule has 8 aromatic rings. The van der Waals surface area contributed by atoms with Crippen LogP contribution in [-0.4, -0.2) is 0 Å². The van der Waals surface area contributed by atoms with Gasteiger partial charge in [0.2, 0.25) is 0 Å². The lowest BCUT2D eigenvalue weighted by molar-refractivity contribution is 0.488. The number of nitrogens with one attached hydrogen (secondary N) is 1. The summed E-state index contributed by atoms with van der Waals surface area (Å²) < 4.78 is 0. The van der Waals surface area contributed by atoms with Crippen LogP contribution in [0.2, 0.25) is 0 Å². The predicted molar refractivity (Wildman–Crippen MR) is 233 cm³/mol. The minimum atomic E-state index is 0.0298. The molecule has 0 aromatic heterocycles. The summed E-state index contributed by atoms with van der Waals surface area (Å²) in [5.41, 5.74) is 24.7. The lowest BCUT2D eigenvalue weighted by Crippen LogP contribution is -2.30. The maximum Gasteiger partial charge on any atom is 0.0221 e. The lowest BCUT2D eigenvalue weighted by Gasteiger charge is -2.35. The van der Waals surface area contributed by atoms with Gasteiger partial charge in [0.1, 0.15) is 0 Å². The molecule has 56 heavy (non-hydrogen) atoms. The Kier molecular flexibility index (Phi) is 7.97. The molecule has 1 heterocycles. The van der Waals surface area contributed by atoms with Crippen LogP contribution >= 0.6 is 0 Å². The van der Waals surface area contributed by atoms with E-state index < -0.39 is 0 Å². The average Bonchev–Trinajstić information content (AvgIpc) is 3.84. The van der Waals surface area contributed by atoms with Gasteiger partial charge in [-0.05, 0) is 162 Å². The topological polar surface area (TPSA) is 12.0 Å². The summed E-state index contributed by atoms with van der Waals surface area (Å²) in [4.78, 5) is 0. The molecule has 0 bridgehead atoms. The molecule has 1 aliphatic heterocycles. The SMILES string of the molecule is c1ccc(-c2cc(-c3ccccc3)cc(-c3ccc4c5c3CNCc3c(-c6cc(-c7ccccc7)cc(-c7ccccc7)c6)ccc6c3C5(CC4)CC6)c2)cc1. The third kappa shape index (κ3) is 5.49. The van der Waals surface area contributed by atoms with Crippen molar-refractivity contribution in [3.05, 3.63) is 215 Å². The highest BCUT2D eigenvalue weighted by molar-refractivity contribution is 5.86. The minimum Gasteiger partial charge on any atom is -0.309 e. The van der Waals surface area contributed by atoms with Crippen molar-refractivity contribution in [2.24, 2.45) is 0 Å². The Morgan fingerprint density at radius 3 is 0.982 bits per heavy atom. The van der Waals surface area contributed by atoms with Crippen molar-refractivity contribution >= 4 is 0 Å². The Bertz CT molecular complexity index is 2440. The molecule has 1 N–H and O–H groups in total. The van der Waals surface area contributed by atoms with E-state index in [1.54, 1.807) is 11.1 Å². The fourth-order valence-electron chi connectivity index (χ4n) is 10.4. The smallest absolute Gasteiger partial charge is 0.0221 e. The van der Waals surface area contributed by atoms with Crippen LogP contribution in [0.15, 0.2) is 182 Å². The number of hydrogen-bond acceptors (Lipinski definition) is 1. The van der Waals surface area contributed by atoms with Crippen LogP contribution in [0.25, 0.3) is 66.8 Å². The molecule has 1 spiro atoms. The molecule has 2 aliphatic carbocycles. The standard InChI is InChI=1S/C55H43N/c1-5-13-37(14-6-1)43-29-44(38-15-7-2-8-16-38)32-47(31-43)49-23-21-41-25-27-55-28-26-42-22-24-50(52(54(42)55)36-56-35-51(49)53(41)55)48-33-45(39-17-9-3-10-18-39)30-46(34-48)40-19-11-4-12-20-40/h1-24,29-34,56H,25-28,35-36H2. The highest BCUT2D eigenvalue weighted by Crippen LogP contribution is 2.57. The second kappa shape index (κ2) is 13.5. The summed E-state index contributed by atoms with van der Waals surface area (Å²) >= 11 is 0. The van der Waals surface area contributed by atoms with Crippen LogP contribution in [-0.2, 0) is 31.3 Å². The Hall–Kier alpha value is -6.28. The third-order valence-corrected chi connectivity index (χ3v) is 12.9. The summed E-state index contributed by atoms with van der Waals surface area (Å²) in [5, 5.41) is 4.05. The molecule has 3 aliphatic rings. The maximum absolute atomic E-state index is 4.05. The summed E-state index contributed by atoms with van der Waals surface area (Å²) in [7, 11) is 0. The second-order valence-electron chi connectivity index (χ2n) is 16.0. The van der Waals surface area contributed by atoms with E-state index in [0.717, 1.165) is 25.9 Å². The zero-order chi connectivity index (χ0) is 37.1. The Morgan fingerprint density at radius 1 is 0.321 bits per heavy atom. The van der Waals surface area contributed by atoms with E-state index in [4.69, 9.17) is 0 Å². The van der Waals surface area contributed by atoms with Crippen molar-refractivity contribution in [1.82, 2.24) is 5.32 Å². The van der Waals surface area contributed by atoms with Crippen molar-refractivity contribution in [3.8, 4) is 66.8 Å². The Balaban J connectivity index is 1.09. The van der Waals surface area contributed by atoms with Crippen LogP contribution in [0.5, 0.6) is 0 Å². The van der Waals surface area contributed by atoms with Gasteiger partial charge in [0, 0.05) is 18.5 Å². The van der Waals surface area contributed by atoms with Crippen molar-refractivity contribution in [2.75, 3.05) is 0 Å². The van der Waals surface area contributed by atoms with E-state index in [-0.39, 0.29) is 5.41 Å². The molecule has 0 saturated carbocycles. The van der Waals surface area contributed by atoms with Crippen LogP contribution in [0, 0.1) is 0 Å². The number of aryl methyl sites for hydroxylation is 2. The van der Waals surface area contributed by atoms with Gasteiger partial charge in [0.05, 0.1) is 0 Å². The third-order valence-electron chi connectivity index (χ3n) is 12.9. The molecule has 0 amide bonds. The van der Waals surface area contributed by atoms with Gasteiger partial charge in [-0.3, -0.25) is 0 Å². The predicted octanol–water partition coefficient (Wildman–Crippen LogP) is 13.5. The quantitative estimate of drug-likeness (QED) is 0.181. The van der Waals surface area contributed by atoms with E-state index in [0.29, 0.717) is 0 Å². The maximum atomic E-state index is 4.05. The zero-order valence-electron chi connectivity index (χ0n) is 31.6. The summed E-state index contributed by atoms with van der Waals surface area (Å²) in [5.74, 6) is 0. The van der Waals surface area contributed by atoms with Crippen molar-refractivity contribution < 1.29 is 0 Å². The van der Waals surface area contributed by atoms with E-state index in [2.05, 4.69) is 187 Å². The van der Waals surface area contributed by atoms with E-state index in [9.17, 15) is 0 Å². The largest absolute Gasteiger partial charge is 0.309 e. The van der Waals surface area contributed by atoms with Gasteiger partial charge >= 0.3 is 0 Å². The summed E-state index contributed by atoms with van der Waals surface area (Å²) in [6.07, 6.45) is 4.63. The lowest BCUT2D eigenvalue weighted by atomic mass is 9.70. The van der Waals surface area contributed by atoms with E-state index >= 15 is 0 Å². The number of hydrogen-bond donors (Lipinski definition) is 1. The molecule has 1 heteroatoms. The molecule has 11 rings (SSSR count). The van der Waals surface area contributed by atoms with Gasteiger partial charge < -0.3 is 5.32 Å². The molecule has 0 atom stereocenters. The number of benzene rings is 8. The minimum absolute atomic E-state index is 0.0298. The average molecular weight is 718 g/mol. The molecule has 8 aromatic carbocycles. The number of rotatable bonds is 6. The first-order valence-corrected chi connectivity index (χ1v) is 20.3. The first kappa shape index (κ1) is 33.1. The normalized spacial score (nSPS) is 14.8. The van der Waals surface area contributed by atoms with Crippen molar-refractivity contribution in [2.45, 2.75) is 44.2 Å². The van der Waals surface area contributed by atoms with Crippen LogP contribution in [0.3, 0.4) is 0 Å². The van der Waals surface area contributed by atoms with Crippen molar-refractivity contribution in [1.29, 1.82) is 0 Å².